The standard InChI is InChI=1S/C21H28N2O4/c1-3-26-20(24)18-8-14-22(15-9-18)12-6-5-7-13-23-16-10-19(11-17-23)21(25)27-4-2/h8-11,14-17H,3-7,12-13H2,1-2H3/q+2. The summed E-state index contributed by atoms with van der Waals surface area (Å²) in [4.78, 5) is 23.2. The Balaban J connectivity index is 1.68. The van der Waals surface area contributed by atoms with E-state index in [9.17, 15) is 9.59 Å². The fourth-order valence-corrected chi connectivity index (χ4v) is 2.68. The maximum atomic E-state index is 11.6. The average Bonchev–Trinajstić information content (AvgIpc) is 2.69. The number of esters is 2. The minimum absolute atomic E-state index is 0.282. The zero-order valence-electron chi connectivity index (χ0n) is 16.1. The zero-order valence-corrected chi connectivity index (χ0v) is 16.1. The average molecular weight is 372 g/mol. The molecule has 0 atom stereocenters. The lowest BCUT2D eigenvalue weighted by Gasteiger charge is -2.02. The van der Waals surface area contributed by atoms with Crippen molar-refractivity contribution in [3.8, 4) is 0 Å². The molecule has 0 unspecified atom stereocenters. The van der Waals surface area contributed by atoms with Crippen molar-refractivity contribution in [1.29, 1.82) is 0 Å². The van der Waals surface area contributed by atoms with Crippen molar-refractivity contribution in [2.75, 3.05) is 13.2 Å². The highest BCUT2D eigenvalue weighted by atomic mass is 16.5. The molecule has 144 valence electrons. The molecule has 27 heavy (non-hydrogen) atoms. The molecule has 2 aromatic heterocycles. The van der Waals surface area contributed by atoms with E-state index >= 15 is 0 Å². The van der Waals surface area contributed by atoms with Gasteiger partial charge >= 0.3 is 11.9 Å². The summed E-state index contributed by atoms with van der Waals surface area (Å²) < 4.78 is 14.1. The van der Waals surface area contributed by atoms with Crippen molar-refractivity contribution in [3.05, 3.63) is 60.2 Å². The fourth-order valence-electron chi connectivity index (χ4n) is 2.68. The molecule has 0 aromatic carbocycles. The van der Waals surface area contributed by atoms with Crippen LogP contribution in [0.15, 0.2) is 49.1 Å². The predicted octanol–water partition coefficient (Wildman–Crippen LogP) is 2.49. The van der Waals surface area contributed by atoms with Gasteiger partial charge in [-0.1, -0.05) is 0 Å². The summed E-state index contributed by atoms with van der Waals surface area (Å²) in [7, 11) is 0. The Hall–Kier alpha value is -2.76. The molecule has 2 rings (SSSR count). The van der Waals surface area contributed by atoms with Crippen LogP contribution in [0.25, 0.3) is 0 Å². The number of hydrogen-bond acceptors (Lipinski definition) is 4. The zero-order chi connectivity index (χ0) is 19.5. The number of aromatic nitrogens is 2. The van der Waals surface area contributed by atoms with Gasteiger partial charge in [0, 0.05) is 37.1 Å². The molecule has 0 saturated carbocycles. The van der Waals surface area contributed by atoms with E-state index in [0.29, 0.717) is 24.3 Å². The molecule has 0 N–H and O–H groups in total. The lowest BCUT2D eigenvalue weighted by Crippen LogP contribution is -2.34. The third kappa shape index (κ3) is 6.81. The minimum atomic E-state index is -0.282. The van der Waals surface area contributed by atoms with E-state index in [1.54, 1.807) is 38.1 Å². The van der Waals surface area contributed by atoms with Gasteiger partial charge in [-0.15, -0.1) is 0 Å². The summed E-state index contributed by atoms with van der Waals surface area (Å²) >= 11 is 0. The van der Waals surface area contributed by atoms with Crippen LogP contribution >= 0.6 is 0 Å². The molecule has 0 fully saturated rings. The number of unbranched alkanes of at least 4 members (excludes halogenated alkanes) is 2. The molecular weight excluding hydrogens is 344 g/mol. The molecule has 0 aliphatic carbocycles. The van der Waals surface area contributed by atoms with Gasteiger partial charge in [0.1, 0.15) is 13.1 Å². The van der Waals surface area contributed by atoms with Crippen LogP contribution in [0.3, 0.4) is 0 Å². The molecule has 2 aromatic rings. The number of pyridine rings is 2. The van der Waals surface area contributed by atoms with Gasteiger partial charge in [-0.2, -0.15) is 0 Å². The number of aryl methyl sites for hydroxylation is 2. The van der Waals surface area contributed by atoms with Crippen LogP contribution in [0.5, 0.6) is 0 Å². The number of rotatable bonds is 10. The van der Waals surface area contributed by atoms with E-state index < -0.39 is 0 Å². The summed E-state index contributed by atoms with van der Waals surface area (Å²) in [6, 6.07) is 7.16. The first kappa shape index (κ1) is 20.6. The molecule has 6 heteroatoms. The number of carbonyl (C=O) groups excluding carboxylic acids is 2. The third-order valence-corrected chi connectivity index (χ3v) is 4.14. The second-order valence-electron chi connectivity index (χ2n) is 6.15. The molecule has 0 aliphatic rings. The van der Waals surface area contributed by atoms with Gasteiger partial charge < -0.3 is 9.47 Å². The third-order valence-electron chi connectivity index (χ3n) is 4.14. The molecule has 2 heterocycles. The smallest absolute Gasteiger partial charge is 0.338 e. The number of hydrogen-bond donors (Lipinski definition) is 0. The van der Waals surface area contributed by atoms with E-state index in [4.69, 9.17) is 9.47 Å². The van der Waals surface area contributed by atoms with Gasteiger partial charge in [0.25, 0.3) is 0 Å². The molecule has 0 radical (unpaired) electrons. The first-order valence-corrected chi connectivity index (χ1v) is 9.46. The van der Waals surface area contributed by atoms with Crippen LogP contribution in [0.1, 0.15) is 53.8 Å². The SMILES string of the molecule is CCOC(=O)c1cc[n+](CCCCC[n+]2ccc(C(=O)OCC)cc2)cc1. The van der Waals surface area contributed by atoms with Gasteiger partial charge in [0.05, 0.1) is 24.3 Å². The number of carbonyl (C=O) groups is 2. The van der Waals surface area contributed by atoms with Gasteiger partial charge in [-0.25, -0.2) is 18.7 Å². The molecule has 0 spiro atoms. The lowest BCUT2D eigenvalue weighted by molar-refractivity contribution is -0.701. The van der Waals surface area contributed by atoms with Crippen LogP contribution in [-0.4, -0.2) is 25.2 Å². The van der Waals surface area contributed by atoms with Crippen LogP contribution in [0.4, 0.5) is 0 Å². The van der Waals surface area contributed by atoms with Crippen LogP contribution < -0.4 is 9.13 Å². The van der Waals surface area contributed by atoms with Crippen molar-refractivity contribution in [2.24, 2.45) is 0 Å². The Morgan fingerprint density at radius 2 is 1.07 bits per heavy atom. The van der Waals surface area contributed by atoms with Crippen LogP contribution in [0, 0.1) is 0 Å². The summed E-state index contributed by atoms with van der Waals surface area (Å²) in [6.07, 6.45) is 10.9. The van der Waals surface area contributed by atoms with Gasteiger partial charge in [-0.3, -0.25) is 0 Å². The van der Waals surface area contributed by atoms with Crippen molar-refractivity contribution in [3.63, 3.8) is 0 Å². The second-order valence-corrected chi connectivity index (χ2v) is 6.15. The van der Waals surface area contributed by atoms with E-state index in [1.807, 2.05) is 24.8 Å². The quantitative estimate of drug-likeness (QED) is 0.365. The highest BCUT2D eigenvalue weighted by molar-refractivity contribution is 5.89. The van der Waals surface area contributed by atoms with Crippen LogP contribution in [0.2, 0.25) is 0 Å². The summed E-state index contributed by atoms with van der Waals surface area (Å²) in [5.41, 5.74) is 1.16. The summed E-state index contributed by atoms with van der Waals surface area (Å²) in [6.45, 7) is 6.20. The van der Waals surface area contributed by atoms with E-state index in [-0.39, 0.29) is 11.9 Å². The number of ether oxygens (including phenoxy) is 2. The number of nitrogens with zero attached hydrogens (tertiary/aromatic N) is 2. The molecule has 0 saturated heterocycles. The monoisotopic (exact) mass is 372 g/mol. The van der Waals surface area contributed by atoms with Gasteiger partial charge in [0.2, 0.25) is 0 Å². The maximum absolute atomic E-state index is 11.6. The van der Waals surface area contributed by atoms with Crippen molar-refractivity contribution in [2.45, 2.75) is 46.2 Å². The topological polar surface area (TPSA) is 60.4 Å². The normalized spacial score (nSPS) is 10.4. The summed E-state index contributed by atoms with van der Waals surface area (Å²) in [5.74, 6) is -0.564. The first-order valence-electron chi connectivity index (χ1n) is 9.46. The van der Waals surface area contributed by atoms with Crippen molar-refractivity contribution in [1.82, 2.24) is 0 Å². The Labute approximate surface area is 160 Å². The molecule has 0 bridgehead atoms. The summed E-state index contributed by atoms with van der Waals surface area (Å²) in [5, 5.41) is 0. The van der Waals surface area contributed by atoms with E-state index in [1.165, 1.54) is 0 Å². The molecule has 0 aliphatic heterocycles. The highest BCUT2D eigenvalue weighted by Gasteiger charge is 2.10. The van der Waals surface area contributed by atoms with Gasteiger partial charge in [0.15, 0.2) is 24.8 Å². The Morgan fingerprint density at radius 1 is 0.704 bits per heavy atom. The Kier molecular flexibility index (Phi) is 8.42. The molecule has 6 nitrogen and oxygen atoms in total. The van der Waals surface area contributed by atoms with Crippen molar-refractivity contribution >= 4 is 11.9 Å². The Bertz CT molecular complexity index is 663. The Morgan fingerprint density at radius 3 is 1.41 bits per heavy atom. The lowest BCUT2D eigenvalue weighted by atomic mass is 10.2. The largest absolute Gasteiger partial charge is 0.462 e. The maximum Gasteiger partial charge on any atom is 0.338 e. The fraction of sp³-hybridized carbons (Fsp3) is 0.429. The highest BCUT2D eigenvalue weighted by Crippen LogP contribution is 2.01. The minimum Gasteiger partial charge on any atom is -0.462 e. The van der Waals surface area contributed by atoms with E-state index in [2.05, 4.69) is 9.13 Å². The molecule has 0 amide bonds. The van der Waals surface area contributed by atoms with E-state index in [0.717, 1.165) is 32.4 Å². The molecular formula is C21H28N2O4+2. The van der Waals surface area contributed by atoms with Crippen molar-refractivity contribution < 1.29 is 28.2 Å². The van der Waals surface area contributed by atoms with Gasteiger partial charge in [-0.05, 0) is 20.3 Å². The van der Waals surface area contributed by atoms with Crippen LogP contribution in [-0.2, 0) is 22.6 Å². The second kappa shape index (κ2) is 11.1. The first-order chi connectivity index (χ1) is 13.1. The predicted molar refractivity (Wildman–Crippen MR) is 99.0 cm³/mol.